The Morgan fingerprint density at radius 3 is 2.59 bits per heavy atom. The lowest BCUT2D eigenvalue weighted by Gasteiger charge is -2.39. The van der Waals surface area contributed by atoms with Gasteiger partial charge in [0.1, 0.15) is 30.2 Å². The van der Waals surface area contributed by atoms with Crippen LogP contribution >= 0.6 is 0 Å². The van der Waals surface area contributed by atoms with E-state index in [1.54, 1.807) is 24.3 Å². The van der Waals surface area contributed by atoms with Crippen LogP contribution in [0.2, 0.25) is 0 Å². The van der Waals surface area contributed by atoms with Gasteiger partial charge in [0.2, 0.25) is 6.29 Å². The van der Waals surface area contributed by atoms with Gasteiger partial charge in [-0.3, -0.25) is 4.79 Å². The Morgan fingerprint density at radius 1 is 1.15 bits per heavy atom. The topological polar surface area (TPSA) is 126 Å². The average molecular weight is 384 g/mol. The first-order chi connectivity index (χ1) is 13.0. The molecular formula is C19H28O8. The summed E-state index contributed by atoms with van der Waals surface area (Å²) in [7, 11) is 0. The first-order valence-electron chi connectivity index (χ1n) is 9.18. The minimum atomic E-state index is -1.51. The van der Waals surface area contributed by atoms with Gasteiger partial charge in [0, 0.05) is 6.42 Å². The van der Waals surface area contributed by atoms with Crippen molar-refractivity contribution in [2.24, 2.45) is 0 Å². The van der Waals surface area contributed by atoms with Crippen LogP contribution in [0, 0.1) is 0 Å². The average Bonchev–Trinajstić information content (AvgIpc) is 2.68. The van der Waals surface area contributed by atoms with E-state index in [-0.39, 0.29) is 12.4 Å². The Hall–Kier alpha value is -1.71. The van der Waals surface area contributed by atoms with Crippen molar-refractivity contribution in [3.05, 3.63) is 29.8 Å². The van der Waals surface area contributed by atoms with Gasteiger partial charge >= 0.3 is 5.97 Å². The molecule has 1 heterocycles. The van der Waals surface area contributed by atoms with E-state index >= 15 is 0 Å². The summed E-state index contributed by atoms with van der Waals surface area (Å²) in [6.45, 7) is 1.88. The number of aryl methyl sites for hydroxylation is 1. The fraction of sp³-hybridized carbons (Fsp3) is 0.632. The smallest absolute Gasteiger partial charge is 0.306 e. The molecule has 1 fully saturated rings. The van der Waals surface area contributed by atoms with Gasteiger partial charge in [-0.25, -0.2) is 0 Å². The Morgan fingerprint density at radius 2 is 1.89 bits per heavy atom. The van der Waals surface area contributed by atoms with Gasteiger partial charge in [0.25, 0.3) is 0 Å². The quantitative estimate of drug-likeness (QED) is 0.350. The van der Waals surface area contributed by atoms with Gasteiger partial charge in [-0.05, 0) is 24.5 Å². The molecule has 1 aromatic rings. The molecule has 1 aliphatic heterocycles. The zero-order valence-electron chi connectivity index (χ0n) is 15.4. The molecule has 152 valence electrons. The van der Waals surface area contributed by atoms with Gasteiger partial charge in [-0.2, -0.15) is 0 Å². The molecule has 0 amide bonds. The summed E-state index contributed by atoms with van der Waals surface area (Å²) in [6, 6.07) is 6.94. The second-order valence-corrected chi connectivity index (χ2v) is 6.50. The third-order valence-corrected chi connectivity index (χ3v) is 4.42. The van der Waals surface area contributed by atoms with Crippen LogP contribution < -0.4 is 4.74 Å². The molecule has 0 unspecified atom stereocenters. The lowest BCUT2D eigenvalue weighted by Crippen LogP contribution is -2.60. The van der Waals surface area contributed by atoms with Gasteiger partial charge in [-0.15, -0.1) is 0 Å². The van der Waals surface area contributed by atoms with E-state index in [9.17, 15) is 25.2 Å². The van der Waals surface area contributed by atoms with Crippen LogP contribution in [0.5, 0.6) is 5.75 Å². The highest BCUT2D eigenvalue weighted by molar-refractivity contribution is 5.69. The van der Waals surface area contributed by atoms with E-state index in [1.165, 1.54) is 0 Å². The van der Waals surface area contributed by atoms with E-state index in [4.69, 9.17) is 14.2 Å². The monoisotopic (exact) mass is 384 g/mol. The van der Waals surface area contributed by atoms with Crippen molar-refractivity contribution in [3.8, 4) is 5.75 Å². The second-order valence-electron chi connectivity index (χ2n) is 6.50. The summed E-state index contributed by atoms with van der Waals surface area (Å²) in [5.74, 6) is 0.0780. The fourth-order valence-electron chi connectivity index (χ4n) is 2.75. The summed E-state index contributed by atoms with van der Waals surface area (Å²) in [5, 5.41) is 39.0. The maximum absolute atomic E-state index is 11.8. The zero-order chi connectivity index (χ0) is 19.8. The van der Waals surface area contributed by atoms with Crippen molar-refractivity contribution < 1.29 is 39.4 Å². The van der Waals surface area contributed by atoms with E-state index in [0.717, 1.165) is 12.8 Å². The predicted octanol–water partition coefficient (Wildman–Crippen LogP) is 0.141. The number of aliphatic hydroxyl groups excluding tert-OH is 4. The lowest BCUT2D eigenvalue weighted by atomic mass is 9.99. The summed E-state index contributed by atoms with van der Waals surface area (Å²) in [6.07, 6.45) is -4.44. The first kappa shape index (κ1) is 21.6. The highest BCUT2D eigenvalue weighted by atomic mass is 16.7. The number of ether oxygens (including phenoxy) is 3. The van der Waals surface area contributed by atoms with Crippen LogP contribution in [0.1, 0.15) is 31.7 Å². The highest BCUT2D eigenvalue weighted by Gasteiger charge is 2.44. The van der Waals surface area contributed by atoms with Gasteiger partial charge < -0.3 is 34.6 Å². The zero-order valence-corrected chi connectivity index (χ0v) is 15.4. The molecule has 0 aliphatic carbocycles. The van der Waals surface area contributed by atoms with E-state index < -0.39 is 37.3 Å². The Bertz CT molecular complexity index is 591. The molecule has 5 atom stereocenters. The second kappa shape index (κ2) is 10.6. The van der Waals surface area contributed by atoms with Crippen LogP contribution in [0.25, 0.3) is 0 Å². The number of unbranched alkanes of at least 4 members (excludes halogenated alkanes) is 1. The molecule has 1 aromatic carbocycles. The molecule has 27 heavy (non-hydrogen) atoms. The van der Waals surface area contributed by atoms with Crippen LogP contribution in [-0.4, -0.2) is 70.3 Å². The lowest BCUT2D eigenvalue weighted by molar-refractivity contribution is -0.277. The third-order valence-electron chi connectivity index (χ3n) is 4.42. The molecule has 8 heteroatoms. The fourth-order valence-corrected chi connectivity index (χ4v) is 2.75. The molecule has 0 bridgehead atoms. The number of benzene rings is 1. The van der Waals surface area contributed by atoms with E-state index in [1.807, 2.05) is 6.92 Å². The molecule has 0 saturated carbocycles. The number of esters is 1. The van der Waals surface area contributed by atoms with Crippen LogP contribution in [0.4, 0.5) is 0 Å². The van der Waals surface area contributed by atoms with E-state index in [0.29, 0.717) is 24.3 Å². The van der Waals surface area contributed by atoms with Crippen LogP contribution in [0.3, 0.4) is 0 Å². The summed E-state index contributed by atoms with van der Waals surface area (Å²) in [4.78, 5) is 11.8. The number of aliphatic hydroxyl groups is 4. The number of rotatable bonds is 9. The van der Waals surface area contributed by atoms with Gasteiger partial charge in [0.05, 0.1) is 13.2 Å². The Labute approximate surface area is 158 Å². The minimum Gasteiger partial charge on any atom is -0.466 e. The first-order valence-corrected chi connectivity index (χ1v) is 9.18. The summed E-state index contributed by atoms with van der Waals surface area (Å²) in [5.41, 5.74) is 0.710. The molecular weight excluding hydrogens is 356 g/mol. The number of hydrogen-bond donors (Lipinski definition) is 4. The number of hydrogen-bond acceptors (Lipinski definition) is 8. The SMILES string of the molecule is CCCCOC(=O)CCc1ccccc1O[C@@H]1O[C@H](CO)[C@@H](O)[C@H](O)[C@H]1O. The van der Waals surface area contributed by atoms with Crippen molar-refractivity contribution in [2.45, 2.75) is 63.3 Å². The molecule has 0 radical (unpaired) electrons. The molecule has 0 spiro atoms. The van der Waals surface area contributed by atoms with Crippen molar-refractivity contribution in [3.63, 3.8) is 0 Å². The minimum absolute atomic E-state index is 0.179. The van der Waals surface area contributed by atoms with Crippen molar-refractivity contribution in [1.29, 1.82) is 0 Å². The predicted molar refractivity (Wildman–Crippen MR) is 95.0 cm³/mol. The number of para-hydroxylation sites is 1. The Balaban J connectivity index is 1.99. The molecule has 1 saturated heterocycles. The maximum atomic E-state index is 11.8. The van der Waals surface area contributed by atoms with Crippen LogP contribution in [-0.2, 0) is 20.7 Å². The number of carbonyl (C=O) groups is 1. The summed E-state index contributed by atoms with van der Waals surface area (Å²) >= 11 is 0. The van der Waals surface area contributed by atoms with Crippen molar-refractivity contribution in [2.75, 3.05) is 13.2 Å². The van der Waals surface area contributed by atoms with Crippen molar-refractivity contribution in [1.82, 2.24) is 0 Å². The van der Waals surface area contributed by atoms with Gasteiger partial charge in [0.15, 0.2) is 0 Å². The van der Waals surface area contributed by atoms with Gasteiger partial charge in [-0.1, -0.05) is 31.5 Å². The molecule has 1 aliphatic rings. The van der Waals surface area contributed by atoms with Crippen LogP contribution in [0.15, 0.2) is 24.3 Å². The highest BCUT2D eigenvalue weighted by Crippen LogP contribution is 2.27. The number of carbonyl (C=O) groups excluding carboxylic acids is 1. The normalized spacial score (nSPS) is 28.0. The molecule has 8 nitrogen and oxygen atoms in total. The molecule has 0 aromatic heterocycles. The molecule has 4 N–H and O–H groups in total. The maximum Gasteiger partial charge on any atom is 0.306 e. The third kappa shape index (κ3) is 5.88. The standard InChI is InChI=1S/C19H28O8/c1-2-3-10-25-15(21)9-8-12-6-4-5-7-13(12)26-19-18(24)17(23)16(22)14(11-20)27-19/h4-7,14,16-20,22-24H,2-3,8-11H2,1H3/t14-,16-,17+,18-,19-/m1/s1. The molecule has 2 rings (SSSR count). The van der Waals surface area contributed by atoms with Crippen molar-refractivity contribution >= 4 is 5.97 Å². The van der Waals surface area contributed by atoms with E-state index in [2.05, 4.69) is 0 Å². The summed E-state index contributed by atoms with van der Waals surface area (Å²) < 4.78 is 16.2. The largest absolute Gasteiger partial charge is 0.466 e. The Kier molecular flexibility index (Phi) is 8.46.